The molecule has 2 rings (SSSR count). The van der Waals surface area contributed by atoms with E-state index in [1.807, 2.05) is 27.7 Å². The van der Waals surface area contributed by atoms with Gasteiger partial charge in [-0.25, -0.2) is 4.79 Å². The van der Waals surface area contributed by atoms with Crippen molar-refractivity contribution < 1.29 is 19.1 Å². The second-order valence-electron chi connectivity index (χ2n) is 12.1. The van der Waals surface area contributed by atoms with Crippen LogP contribution in [0.3, 0.4) is 0 Å². The predicted octanol–water partition coefficient (Wildman–Crippen LogP) is 9.38. The quantitative estimate of drug-likeness (QED) is 0.0910. The van der Waals surface area contributed by atoms with Crippen LogP contribution >= 0.6 is 0 Å². The molecular weight excluding hydrogens is 510 g/mol. The van der Waals surface area contributed by atoms with E-state index in [-0.39, 0.29) is 24.6 Å². The lowest BCUT2D eigenvalue weighted by Crippen LogP contribution is -2.31. The van der Waals surface area contributed by atoms with Crippen molar-refractivity contribution in [2.75, 3.05) is 6.61 Å². The number of allylic oxidation sites excluding steroid dienone is 2. The molecule has 5 heteroatoms. The first kappa shape index (κ1) is 34.6. The molecule has 1 aromatic carbocycles. The number of hydrogen-bond acceptors (Lipinski definition) is 5. The van der Waals surface area contributed by atoms with Gasteiger partial charge >= 0.3 is 5.97 Å². The average molecular weight is 568 g/mol. The average Bonchev–Trinajstić information content (AvgIpc) is 2.92. The predicted molar refractivity (Wildman–Crippen MR) is 170 cm³/mol. The van der Waals surface area contributed by atoms with E-state index in [0.717, 1.165) is 29.8 Å². The molecule has 0 aromatic heterocycles. The summed E-state index contributed by atoms with van der Waals surface area (Å²) in [5.74, 6) is -0.512. The minimum atomic E-state index is -0.286. The summed E-state index contributed by atoms with van der Waals surface area (Å²) in [6.07, 6.45) is 18.7. The van der Waals surface area contributed by atoms with Gasteiger partial charge in [0.05, 0.1) is 18.3 Å². The Hall–Kier alpha value is -2.56. The Balaban J connectivity index is 2.07. The van der Waals surface area contributed by atoms with Gasteiger partial charge in [-0.1, -0.05) is 102 Å². The third kappa shape index (κ3) is 11.7. The minimum Gasteiger partial charge on any atom is -0.468 e. The van der Waals surface area contributed by atoms with E-state index < -0.39 is 0 Å². The van der Waals surface area contributed by atoms with Crippen LogP contribution in [-0.4, -0.2) is 25.2 Å². The van der Waals surface area contributed by atoms with E-state index in [1.165, 1.54) is 93.7 Å². The molecule has 1 atom stereocenters. The number of aryl methyl sites for hydroxylation is 2. The third-order valence-corrected chi connectivity index (χ3v) is 8.27. The molecule has 0 bridgehead atoms. The van der Waals surface area contributed by atoms with Crippen LogP contribution in [0.25, 0.3) is 0 Å². The standard InChI is InChI=1S/C36H57NO4/c1-7-8-9-10-11-12-13-14-15-16-17-18-19-22-31-23-20-21-28(4)33(31)35-32(24-25-40-26-38)29(5)37-30(6)34(35)36(39)41-27(2)3/h20-21,23,26-27,35,37H,7-19,22,24-25H2,1-6H3. The summed E-state index contributed by atoms with van der Waals surface area (Å²) in [7, 11) is 0. The molecule has 0 radical (unpaired) electrons. The van der Waals surface area contributed by atoms with Gasteiger partial charge in [0.1, 0.15) is 0 Å². The Morgan fingerprint density at radius 3 is 2.00 bits per heavy atom. The van der Waals surface area contributed by atoms with Gasteiger partial charge in [0.15, 0.2) is 0 Å². The van der Waals surface area contributed by atoms with Gasteiger partial charge in [-0.2, -0.15) is 0 Å². The van der Waals surface area contributed by atoms with Crippen molar-refractivity contribution in [2.45, 2.75) is 150 Å². The van der Waals surface area contributed by atoms with Crippen LogP contribution in [0, 0.1) is 6.92 Å². The number of dihydropyridines is 1. The fraction of sp³-hybridized carbons (Fsp3) is 0.667. The van der Waals surface area contributed by atoms with Crippen molar-refractivity contribution in [2.24, 2.45) is 0 Å². The van der Waals surface area contributed by atoms with E-state index in [4.69, 9.17) is 9.47 Å². The van der Waals surface area contributed by atoms with E-state index in [0.29, 0.717) is 18.5 Å². The Labute approximate surface area is 250 Å². The van der Waals surface area contributed by atoms with Crippen molar-refractivity contribution in [1.29, 1.82) is 0 Å². The number of carbonyl (C=O) groups is 2. The number of ether oxygens (including phenoxy) is 2. The molecule has 1 aliphatic rings. The maximum absolute atomic E-state index is 13.5. The molecule has 0 amide bonds. The number of unbranched alkanes of at least 4 members (excludes halogenated alkanes) is 12. The van der Waals surface area contributed by atoms with E-state index in [1.54, 1.807) is 0 Å². The highest BCUT2D eigenvalue weighted by Gasteiger charge is 2.36. The summed E-state index contributed by atoms with van der Waals surface area (Å²) < 4.78 is 10.8. The van der Waals surface area contributed by atoms with Crippen molar-refractivity contribution in [3.8, 4) is 0 Å². The highest BCUT2D eigenvalue weighted by molar-refractivity contribution is 5.93. The summed E-state index contributed by atoms with van der Waals surface area (Å²) in [6, 6.07) is 6.49. The molecule has 41 heavy (non-hydrogen) atoms. The molecule has 5 nitrogen and oxygen atoms in total. The van der Waals surface area contributed by atoms with Crippen LogP contribution in [0.1, 0.15) is 147 Å². The van der Waals surface area contributed by atoms with Crippen LogP contribution < -0.4 is 5.32 Å². The summed E-state index contributed by atoms with van der Waals surface area (Å²) in [5.41, 5.74) is 7.24. The van der Waals surface area contributed by atoms with Gasteiger partial charge in [-0.15, -0.1) is 0 Å². The topological polar surface area (TPSA) is 64.6 Å². The molecule has 0 aliphatic carbocycles. The van der Waals surface area contributed by atoms with Crippen molar-refractivity contribution in [3.63, 3.8) is 0 Å². The van der Waals surface area contributed by atoms with E-state index in [9.17, 15) is 9.59 Å². The Morgan fingerprint density at radius 2 is 1.44 bits per heavy atom. The highest BCUT2D eigenvalue weighted by Crippen LogP contribution is 2.43. The lowest BCUT2D eigenvalue weighted by Gasteiger charge is -2.34. The van der Waals surface area contributed by atoms with Crippen molar-refractivity contribution >= 4 is 12.4 Å². The first-order chi connectivity index (χ1) is 19.8. The molecule has 1 heterocycles. The van der Waals surface area contributed by atoms with Gasteiger partial charge in [-0.05, 0) is 69.7 Å². The zero-order chi connectivity index (χ0) is 30.0. The van der Waals surface area contributed by atoms with Crippen LogP contribution in [0.2, 0.25) is 0 Å². The van der Waals surface area contributed by atoms with E-state index >= 15 is 0 Å². The largest absolute Gasteiger partial charge is 0.468 e. The monoisotopic (exact) mass is 567 g/mol. The molecule has 1 unspecified atom stereocenters. The normalized spacial score (nSPS) is 15.3. The van der Waals surface area contributed by atoms with Crippen LogP contribution in [0.5, 0.6) is 0 Å². The Bertz CT molecular complexity index is 1010. The summed E-state index contributed by atoms with van der Waals surface area (Å²) in [6.45, 7) is 12.9. The summed E-state index contributed by atoms with van der Waals surface area (Å²) in [5, 5.41) is 3.41. The van der Waals surface area contributed by atoms with Gasteiger partial charge in [0, 0.05) is 23.7 Å². The maximum atomic E-state index is 13.5. The molecule has 230 valence electrons. The van der Waals surface area contributed by atoms with Gasteiger partial charge < -0.3 is 14.8 Å². The molecule has 0 saturated carbocycles. The molecule has 0 saturated heterocycles. The second-order valence-corrected chi connectivity index (χ2v) is 12.1. The molecule has 1 N–H and O–H groups in total. The first-order valence-corrected chi connectivity index (χ1v) is 16.3. The molecule has 1 aliphatic heterocycles. The van der Waals surface area contributed by atoms with Gasteiger partial charge in [0.25, 0.3) is 6.47 Å². The van der Waals surface area contributed by atoms with Crippen LogP contribution in [0.15, 0.2) is 40.7 Å². The number of benzene rings is 1. The number of esters is 1. The lowest BCUT2D eigenvalue weighted by molar-refractivity contribution is -0.143. The zero-order valence-corrected chi connectivity index (χ0v) is 26.9. The molecular formula is C36H57NO4. The lowest BCUT2D eigenvalue weighted by atomic mass is 9.75. The zero-order valence-electron chi connectivity index (χ0n) is 26.9. The smallest absolute Gasteiger partial charge is 0.336 e. The van der Waals surface area contributed by atoms with Gasteiger partial charge in [0.2, 0.25) is 0 Å². The summed E-state index contributed by atoms with van der Waals surface area (Å²) in [4.78, 5) is 24.4. The molecule has 0 spiro atoms. The molecule has 1 aromatic rings. The van der Waals surface area contributed by atoms with Crippen LogP contribution in [0.4, 0.5) is 0 Å². The van der Waals surface area contributed by atoms with Crippen molar-refractivity contribution in [1.82, 2.24) is 5.32 Å². The SMILES string of the molecule is CCCCCCCCCCCCCCCc1cccc(C)c1C1C(CCOC=O)=C(C)NC(C)=C1C(=O)OC(C)C. The van der Waals surface area contributed by atoms with E-state index in [2.05, 4.69) is 37.4 Å². The Kier molecular flexibility index (Phi) is 16.5. The number of nitrogens with one attached hydrogen (secondary N) is 1. The molecule has 0 fully saturated rings. The van der Waals surface area contributed by atoms with Gasteiger partial charge in [-0.3, -0.25) is 4.79 Å². The fourth-order valence-corrected chi connectivity index (χ4v) is 6.16. The first-order valence-electron chi connectivity index (χ1n) is 16.3. The van der Waals surface area contributed by atoms with Crippen LogP contribution in [-0.2, 0) is 25.5 Å². The fourth-order valence-electron chi connectivity index (χ4n) is 6.16. The highest BCUT2D eigenvalue weighted by atomic mass is 16.5. The Morgan fingerprint density at radius 1 is 0.854 bits per heavy atom. The second kappa shape index (κ2) is 19.5. The summed E-state index contributed by atoms with van der Waals surface area (Å²) >= 11 is 0. The number of rotatable bonds is 21. The minimum absolute atomic E-state index is 0.209. The maximum Gasteiger partial charge on any atom is 0.336 e. The third-order valence-electron chi connectivity index (χ3n) is 8.27. The number of hydrogen-bond donors (Lipinski definition) is 1. The van der Waals surface area contributed by atoms with Crippen molar-refractivity contribution in [3.05, 3.63) is 57.4 Å². The number of carbonyl (C=O) groups excluding carboxylic acids is 2.